The summed E-state index contributed by atoms with van der Waals surface area (Å²) in [4.78, 5) is 53.6. The third-order valence-corrected chi connectivity index (χ3v) is 8.34. The molecule has 1 unspecified atom stereocenters. The molecular weight excluding hydrogens is 605 g/mol. The van der Waals surface area contributed by atoms with Crippen LogP contribution < -0.4 is 27.0 Å². The molecule has 5 rings (SSSR count). The smallest absolute Gasteiger partial charge is 0.239 e. The third kappa shape index (κ3) is 6.19. The van der Waals surface area contributed by atoms with Crippen molar-refractivity contribution in [3.8, 4) is 17.1 Å². The van der Waals surface area contributed by atoms with Crippen molar-refractivity contribution in [3.05, 3.63) is 64.4 Å². The molecule has 1 fully saturated rings. The van der Waals surface area contributed by atoms with Gasteiger partial charge >= 0.3 is 0 Å². The van der Waals surface area contributed by atoms with E-state index in [-0.39, 0.29) is 12.2 Å². The Hall–Kier alpha value is -4.26. The lowest BCUT2D eigenvalue weighted by Crippen LogP contribution is -2.61. The second-order valence-electron chi connectivity index (χ2n) is 10.7. The quantitative estimate of drug-likeness (QED) is 0.205. The average Bonchev–Trinajstić information content (AvgIpc) is 3.37. The number of fused-ring (bicyclic) bond motifs is 1. The van der Waals surface area contributed by atoms with Gasteiger partial charge in [0.05, 0.1) is 11.4 Å². The van der Waals surface area contributed by atoms with Crippen LogP contribution >= 0.6 is 23.2 Å². The lowest BCUT2D eigenvalue weighted by molar-refractivity contribution is -0.126. The van der Waals surface area contributed by atoms with E-state index in [2.05, 4.69) is 10.6 Å². The van der Waals surface area contributed by atoms with Gasteiger partial charge in [0.2, 0.25) is 17.7 Å². The summed E-state index contributed by atoms with van der Waals surface area (Å²) >= 11 is 12.9. The van der Waals surface area contributed by atoms with Crippen molar-refractivity contribution in [1.29, 1.82) is 0 Å². The first-order valence-electron chi connectivity index (χ1n) is 14.2. The van der Waals surface area contributed by atoms with Gasteiger partial charge in [-0.3, -0.25) is 19.0 Å². The Morgan fingerprint density at radius 3 is 2.30 bits per heavy atom. The average molecular weight is 639 g/mol. The predicted molar refractivity (Wildman–Crippen MR) is 170 cm³/mol. The van der Waals surface area contributed by atoms with Crippen molar-refractivity contribution >= 4 is 57.9 Å². The normalized spacial score (nSPS) is 15.2. The fourth-order valence-corrected chi connectivity index (χ4v) is 5.75. The summed E-state index contributed by atoms with van der Waals surface area (Å²) < 4.78 is 1.85. The maximum atomic E-state index is 12.9. The lowest BCUT2D eigenvalue weighted by Gasteiger charge is -2.40. The van der Waals surface area contributed by atoms with Crippen LogP contribution in [0.25, 0.3) is 28.2 Å². The molecule has 1 aliphatic rings. The molecule has 2 aromatic heterocycles. The molecule has 3 amide bonds. The number of likely N-dealkylation sites (N-methyl/N-ethyl adjacent to an activating group) is 1. The molecule has 0 spiro atoms. The first kappa shape index (κ1) is 31.2. The number of nitrogens with zero attached hydrogens (tertiary/aromatic N) is 5. The molecule has 1 saturated heterocycles. The number of carbonyl (C=O) groups is 3. The monoisotopic (exact) mass is 637 g/mol. The van der Waals surface area contributed by atoms with Gasteiger partial charge in [0.15, 0.2) is 17.0 Å². The van der Waals surface area contributed by atoms with Crippen molar-refractivity contribution in [1.82, 2.24) is 30.2 Å². The first-order chi connectivity index (χ1) is 21.0. The SMILES string of the molecule is CCNC1(C(N)=O)CCN(c2nc(CC(=O)NC(C)C(N)=O)nc3c2nc(-c2ccccc2Cl)n3-c2ccc(Cl)cc2)CC1. The molecular formula is C30H33Cl2N9O3. The number of benzene rings is 2. The van der Waals surface area contributed by atoms with Gasteiger partial charge in [0.1, 0.15) is 23.2 Å². The molecule has 0 aliphatic carbocycles. The number of nitrogens with two attached hydrogens (primary N) is 2. The number of amides is 3. The zero-order chi connectivity index (χ0) is 31.6. The van der Waals surface area contributed by atoms with Crippen molar-refractivity contribution in [3.63, 3.8) is 0 Å². The van der Waals surface area contributed by atoms with Gasteiger partial charge < -0.3 is 27.0 Å². The number of nitrogens with one attached hydrogen (secondary N) is 2. The molecule has 14 heteroatoms. The molecule has 2 aromatic carbocycles. The van der Waals surface area contributed by atoms with E-state index in [0.29, 0.717) is 76.6 Å². The molecule has 1 atom stereocenters. The van der Waals surface area contributed by atoms with Gasteiger partial charge in [-0.2, -0.15) is 0 Å². The minimum absolute atomic E-state index is 0.209. The number of primary amides is 2. The molecule has 0 radical (unpaired) electrons. The Morgan fingerprint density at radius 2 is 1.68 bits per heavy atom. The highest BCUT2D eigenvalue weighted by Crippen LogP contribution is 2.36. The second-order valence-corrected chi connectivity index (χ2v) is 11.5. The van der Waals surface area contributed by atoms with E-state index in [9.17, 15) is 14.4 Å². The molecule has 0 bridgehead atoms. The van der Waals surface area contributed by atoms with Crippen LogP contribution in [0, 0.1) is 0 Å². The van der Waals surface area contributed by atoms with E-state index in [1.165, 1.54) is 6.92 Å². The number of aromatic nitrogens is 4. The molecule has 1 aliphatic heterocycles. The molecule has 3 heterocycles. The van der Waals surface area contributed by atoms with E-state index in [1.807, 2.05) is 46.7 Å². The molecule has 12 nitrogen and oxygen atoms in total. The van der Waals surface area contributed by atoms with E-state index < -0.39 is 29.3 Å². The predicted octanol–water partition coefficient (Wildman–Crippen LogP) is 2.76. The van der Waals surface area contributed by atoms with Crippen molar-refractivity contribution < 1.29 is 14.4 Å². The Bertz CT molecular complexity index is 1720. The first-order valence-corrected chi connectivity index (χ1v) is 15.0. The van der Waals surface area contributed by atoms with Crippen molar-refractivity contribution in [2.45, 2.75) is 44.7 Å². The van der Waals surface area contributed by atoms with Gasteiger partial charge in [0, 0.05) is 29.4 Å². The number of piperidine rings is 1. The van der Waals surface area contributed by atoms with Crippen LogP contribution in [-0.4, -0.2) is 68.5 Å². The summed E-state index contributed by atoms with van der Waals surface area (Å²) in [6.45, 7) is 4.92. The highest BCUT2D eigenvalue weighted by molar-refractivity contribution is 6.33. The topological polar surface area (TPSA) is 174 Å². The summed E-state index contributed by atoms with van der Waals surface area (Å²) in [5, 5.41) is 6.89. The lowest BCUT2D eigenvalue weighted by atomic mass is 9.86. The molecule has 230 valence electrons. The zero-order valence-electron chi connectivity index (χ0n) is 24.3. The Balaban J connectivity index is 1.69. The van der Waals surface area contributed by atoms with Gasteiger partial charge in [-0.15, -0.1) is 0 Å². The number of halogens is 2. The van der Waals surface area contributed by atoms with Crippen LogP contribution in [0.2, 0.25) is 10.0 Å². The number of hydrogen-bond acceptors (Lipinski definition) is 8. The Morgan fingerprint density at radius 1 is 1.00 bits per heavy atom. The van der Waals surface area contributed by atoms with Crippen LogP contribution in [0.3, 0.4) is 0 Å². The third-order valence-electron chi connectivity index (χ3n) is 7.76. The van der Waals surface area contributed by atoms with E-state index in [4.69, 9.17) is 49.6 Å². The minimum Gasteiger partial charge on any atom is -0.368 e. The van der Waals surface area contributed by atoms with Crippen molar-refractivity contribution in [2.75, 3.05) is 24.5 Å². The van der Waals surface area contributed by atoms with Gasteiger partial charge in [-0.1, -0.05) is 42.3 Å². The minimum atomic E-state index is -0.868. The number of anilines is 1. The van der Waals surface area contributed by atoms with Crippen molar-refractivity contribution in [2.24, 2.45) is 11.5 Å². The van der Waals surface area contributed by atoms with Gasteiger partial charge in [-0.25, -0.2) is 15.0 Å². The van der Waals surface area contributed by atoms with Crippen LogP contribution in [-0.2, 0) is 20.8 Å². The van der Waals surface area contributed by atoms with Crippen LogP contribution in [0.1, 0.15) is 32.5 Å². The largest absolute Gasteiger partial charge is 0.368 e. The van der Waals surface area contributed by atoms with Gasteiger partial charge in [-0.05, 0) is 62.7 Å². The fourth-order valence-electron chi connectivity index (χ4n) is 5.40. The summed E-state index contributed by atoms with van der Waals surface area (Å²) in [6, 6.07) is 13.7. The number of hydrogen-bond donors (Lipinski definition) is 4. The summed E-state index contributed by atoms with van der Waals surface area (Å²) in [5.74, 6) is -0.307. The molecule has 0 saturated carbocycles. The van der Waals surface area contributed by atoms with Crippen LogP contribution in [0.4, 0.5) is 5.82 Å². The molecule has 4 aromatic rings. The van der Waals surface area contributed by atoms with E-state index >= 15 is 0 Å². The molecule has 44 heavy (non-hydrogen) atoms. The second kappa shape index (κ2) is 12.8. The van der Waals surface area contributed by atoms with E-state index in [1.54, 1.807) is 18.2 Å². The number of imidazole rings is 1. The summed E-state index contributed by atoms with van der Waals surface area (Å²) in [7, 11) is 0. The maximum absolute atomic E-state index is 12.9. The standard InChI is InChI=1S/C30H33Cl2N9O3/c1-3-35-30(29(34)44)12-14-40(15-13-30)27-24-28(38-22(37-27)16-23(42)36-17(2)25(33)43)41(19-10-8-18(31)9-11-19)26(39-24)20-6-4-5-7-21(20)32/h4-11,17,35H,3,12-16H2,1-2H3,(H2,33,43)(H2,34,44)(H,36,42). The summed E-state index contributed by atoms with van der Waals surface area (Å²) in [5.41, 5.74) is 12.6. The zero-order valence-corrected chi connectivity index (χ0v) is 25.8. The number of carbonyl (C=O) groups excluding carboxylic acids is 3. The maximum Gasteiger partial charge on any atom is 0.239 e. The van der Waals surface area contributed by atoms with Gasteiger partial charge in [0.25, 0.3) is 0 Å². The highest BCUT2D eigenvalue weighted by atomic mass is 35.5. The van der Waals surface area contributed by atoms with Crippen LogP contribution in [0.15, 0.2) is 48.5 Å². The van der Waals surface area contributed by atoms with E-state index in [0.717, 1.165) is 0 Å². The molecule has 6 N–H and O–H groups in total. The van der Waals surface area contributed by atoms with Crippen LogP contribution in [0.5, 0.6) is 0 Å². The number of rotatable bonds is 10. The Labute approximate surface area is 264 Å². The fraction of sp³-hybridized carbons (Fsp3) is 0.333. The Kier molecular flexibility index (Phi) is 9.05. The highest BCUT2D eigenvalue weighted by Gasteiger charge is 2.40. The summed E-state index contributed by atoms with van der Waals surface area (Å²) in [6.07, 6.45) is 0.677.